The van der Waals surface area contributed by atoms with Crippen LogP contribution in [0, 0.1) is 11.3 Å². The predicted molar refractivity (Wildman–Crippen MR) is 94.5 cm³/mol. The molecule has 7 heteroatoms. The molecule has 0 saturated carbocycles. The molecule has 0 aromatic heterocycles. The molecule has 7 nitrogen and oxygen atoms in total. The monoisotopic (exact) mass is 346 g/mol. The number of hydrogen-bond acceptors (Lipinski definition) is 5. The fourth-order valence-corrected chi connectivity index (χ4v) is 4.13. The summed E-state index contributed by atoms with van der Waals surface area (Å²) >= 11 is 0. The van der Waals surface area contributed by atoms with Crippen molar-refractivity contribution in [1.82, 2.24) is 10.8 Å². The first kappa shape index (κ1) is 17.8. The zero-order chi connectivity index (χ0) is 17.9. The first-order chi connectivity index (χ1) is 12.0. The second-order valence-corrected chi connectivity index (χ2v) is 6.92. The van der Waals surface area contributed by atoms with Gasteiger partial charge in [0.1, 0.15) is 5.84 Å². The number of nitrogen functional groups attached to an aromatic ring is 1. The molecule has 2 fully saturated rings. The van der Waals surface area contributed by atoms with Gasteiger partial charge in [-0.15, -0.1) is 0 Å². The second kappa shape index (κ2) is 7.51. The molecule has 0 radical (unpaired) electrons. The molecule has 0 aliphatic carbocycles. The number of carbonyl (C=O) groups is 1. The van der Waals surface area contributed by atoms with Crippen LogP contribution in [-0.2, 0) is 15.0 Å². The Morgan fingerprint density at radius 3 is 2.44 bits per heavy atom. The lowest BCUT2D eigenvalue weighted by molar-refractivity contribution is -0.149. The van der Waals surface area contributed by atoms with E-state index in [1.54, 1.807) is 12.1 Å². The first-order valence-electron chi connectivity index (χ1n) is 8.81. The van der Waals surface area contributed by atoms with Crippen LogP contribution in [0.1, 0.15) is 36.8 Å². The number of nitrogens with one attached hydrogen (secondary N) is 3. The van der Waals surface area contributed by atoms with E-state index in [2.05, 4.69) is 10.8 Å². The smallest absolute Gasteiger partial charge is 0.314 e. The molecule has 136 valence electrons. The highest BCUT2D eigenvalue weighted by Crippen LogP contribution is 2.43. The van der Waals surface area contributed by atoms with Gasteiger partial charge in [0, 0.05) is 12.1 Å². The molecule has 2 unspecified atom stereocenters. The fraction of sp³-hybridized carbons (Fsp3) is 0.556. The van der Waals surface area contributed by atoms with E-state index >= 15 is 0 Å². The molecule has 2 aliphatic rings. The van der Waals surface area contributed by atoms with E-state index < -0.39 is 11.4 Å². The summed E-state index contributed by atoms with van der Waals surface area (Å²) in [5, 5.41) is 21.2. The lowest BCUT2D eigenvalue weighted by Crippen LogP contribution is -2.49. The Kier molecular flexibility index (Phi) is 5.36. The van der Waals surface area contributed by atoms with Crippen LogP contribution in [0.15, 0.2) is 24.3 Å². The van der Waals surface area contributed by atoms with Crippen LogP contribution in [0.2, 0.25) is 0 Å². The van der Waals surface area contributed by atoms with E-state index in [1.807, 2.05) is 12.1 Å². The average Bonchev–Trinajstić information content (AvgIpc) is 3.13. The molecule has 25 heavy (non-hydrogen) atoms. The number of carboxylic acids is 1. The van der Waals surface area contributed by atoms with Gasteiger partial charge in [-0.1, -0.05) is 24.3 Å². The molecule has 2 aliphatic heterocycles. The molecule has 6 N–H and O–H groups in total. The van der Waals surface area contributed by atoms with Crippen molar-refractivity contribution in [3.05, 3.63) is 35.4 Å². The van der Waals surface area contributed by atoms with Gasteiger partial charge >= 0.3 is 5.97 Å². The van der Waals surface area contributed by atoms with Crippen LogP contribution >= 0.6 is 0 Å². The van der Waals surface area contributed by atoms with E-state index in [0.29, 0.717) is 12.0 Å². The van der Waals surface area contributed by atoms with Crippen LogP contribution in [0.5, 0.6) is 0 Å². The summed E-state index contributed by atoms with van der Waals surface area (Å²) in [4.78, 5) is 18.1. The van der Waals surface area contributed by atoms with Crippen molar-refractivity contribution in [3.63, 3.8) is 0 Å². The number of amidine groups is 1. The van der Waals surface area contributed by atoms with Gasteiger partial charge in [0.2, 0.25) is 0 Å². The molecule has 0 amide bonds. The quantitative estimate of drug-likeness (QED) is 0.387. The summed E-state index contributed by atoms with van der Waals surface area (Å²) in [6.07, 6.45) is 2.78. The molecule has 1 aromatic rings. The lowest BCUT2D eigenvalue weighted by Gasteiger charge is -2.41. The van der Waals surface area contributed by atoms with Crippen molar-refractivity contribution < 1.29 is 14.7 Å². The number of hydroxylamine groups is 1. The highest BCUT2D eigenvalue weighted by Gasteiger charge is 2.49. The minimum absolute atomic E-state index is 0.0160. The van der Waals surface area contributed by atoms with Gasteiger partial charge < -0.3 is 16.2 Å². The summed E-state index contributed by atoms with van der Waals surface area (Å²) in [7, 11) is 0. The van der Waals surface area contributed by atoms with Crippen molar-refractivity contribution in [3.8, 4) is 0 Å². The van der Waals surface area contributed by atoms with E-state index in [1.165, 1.54) is 0 Å². The Balaban J connectivity index is 2.01. The summed E-state index contributed by atoms with van der Waals surface area (Å²) < 4.78 is 0. The third-order valence-corrected chi connectivity index (χ3v) is 5.50. The number of hydrogen-bond donors (Lipinski definition) is 5. The van der Waals surface area contributed by atoms with E-state index in [9.17, 15) is 9.90 Å². The van der Waals surface area contributed by atoms with Gasteiger partial charge in [-0.3, -0.25) is 15.0 Å². The van der Waals surface area contributed by atoms with Crippen LogP contribution in [0.3, 0.4) is 0 Å². The van der Waals surface area contributed by atoms with Crippen molar-refractivity contribution in [2.75, 3.05) is 19.6 Å². The van der Waals surface area contributed by atoms with Gasteiger partial charge in [0.05, 0.1) is 11.5 Å². The maximum atomic E-state index is 12.6. The number of nitrogens with two attached hydrogens (primary N) is 1. The molecule has 1 aromatic carbocycles. The zero-order valence-corrected chi connectivity index (χ0v) is 14.3. The predicted octanol–water partition coefficient (Wildman–Crippen LogP) is 0.976. The summed E-state index contributed by atoms with van der Waals surface area (Å²) in [6.45, 7) is 2.40. The fourth-order valence-electron chi connectivity index (χ4n) is 4.13. The second-order valence-electron chi connectivity index (χ2n) is 6.92. The highest BCUT2D eigenvalue weighted by atomic mass is 16.7. The van der Waals surface area contributed by atoms with Crippen LogP contribution in [0.25, 0.3) is 0 Å². The molecule has 0 bridgehead atoms. The van der Waals surface area contributed by atoms with E-state index in [-0.39, 0.29) is 17.9 Å². The summed E-state index contributed by atoms with van der Waals surface area (Å²) in [6, 6.07) is 7.11. The Bertz CT molecular complexity index is 622. The number of benzene rings is 1. The first-order valence-corrected chi connectivity index (χ1v) is 8.81. The molecular formula is C18H26N4O3. The van der Waals surface area contributed by atoms with Gasteiger partial charge in [-0.05, 0) is 50.3 Å². The zero-order valence-electron chi connectivity index (χ0n) is 14.3. The third kappa shape index (κ3) is 3.53. The minimum atomic E-state index is -0.992. The van der Waals surface area contributed by atoms with Crippen LogP contribution < -0.4 is 16.5 Å². The largest absolute Gasteiger partial charge is 0.481 e. The molecule has 3 rings (SSSR count). The Morgan fingerprint density at radius 2 is 1.92 bits per heavy atom. The van der Waals surface area contributed by atoms with Gasteiger partial charge in [-0.25, -0.2) is 5.48 Å². The highest BCUT2D eigenvalue weighted by molar-refractivity contribution is 5.95. The van der Waals surface area contributed by atoms with E-state index in [0.717, 1.165) is 44.5 Å². The number of rotatable bonds is 6. The maximum absolute atomic E-state index is 12.6. The summed E-state index contributed by atoms with van der Waals surface area (Å²) in [5.41, 5.74) is 8.78. The average molecular weight is 346 g/mol. The molecule has 0 spiro atoms. The van der Waals surface area contributed by atoms with Crippen molar-refractivity contribution in [1.29, 1.82) is 5.41 Å². The molecule has 2 atom stereocenters. The number of carboxylic acid groups (broad SMARTS) is 1. The molecular weight excluding hydrogens is 320 g/mol. The number of aliphatic carboxylic acids is 1. The van der Waals surface area contributed by atoms with Gasteiger partial charge in [-0.2, -0.15) is 0 Å². The van der Waals surface area contributed by atoms with Gasteiger partial charge in [0.15, 0.2) is 0 Å². The Hall–Kier alpha value is -1.96. The Labute approximate surface area is 147 Å². The lowest BCUT2D eigenvalue weighted by atomic mass is 9.63. The SMILES string of the molecule is N=C(N)c1ccc(C(CC2CCNO2)(C(=O)O)C2CCNCC2)cc1. The molecule has 2 heterocycles. The summed E-state index contributed by atoms with van der Waals surface area (Å²) in [5.74, 6) is -0.776. The maximum Gasteiger partial charge on any atom is 0.314 e. The standard InChI is InChI=1S/C18H26N4O3/c19-16(20)12-1-3-13(4-2-12)18(17(23)24,11-15-7-10-22-25-15)14-5-8-21-9-6-14/h1-4,14-15,21-22H,5-11H2,(H3,19,20)(H,23,24). The van der Waals surface area contributed by atoms with Gasteiger partial charge in [0.25, 0.3) is 0 Å². The van der Waals surface area contributed by atoms with Crippen molar-refractivity contribution in [2.45, 2.75) is 37.2 Å². The third-order valence-electron chi connectivity index (χ3n) is 5.50. The minimum Gasteiger partial charge on any atom is -0.481 e. The number of piperidine rings is 1. The van der Waals surface area contributed by atoms with Crippen LogP contribution in [0.4, 0.5) is 0 Å². The van der Waals surface area contributed by atoms with E-state index in [4.69, 9.17) is 16.0 Å². The van der Waals surface area contributed by atoms with Crippen molar-refractivity contribution in [2.24, 2.45) is 11.7 Å². The molecule has 2 saturated heterocycles. The van der Waals surface area contributed by atoms with Crippen molar-refractivity contribution >= 4 is 11.8 Å². The Morgan fingerprint density at radius 1 is 1.24 bits per heavy atom. The van der Waals surface area contributed by atoms with Crippen LogP contribution in [-0.4, -0.2) is 42.6 Å². The normalized spacial score (nSPS) is 23.9. The topological polar surface area (TPSA) is 120 Å².